The van der Waals surface area contributed by atoms with Crippen LogP contribution in [-0.2, 0) is 19.1 Å². The average Bonchev–Trinajstić information content (AvgIpc) is 2.22. The fourth-order valence-corrected chi connectivity index (χ4v) is 0.519. The van der Waals surface area contributed by atoms with Crippen LogP contribution in [0.2, 0.25) is 0 Å². The van der Waals surface area contributed by atoms with Gasteiger partial charge in [-0.3, -0.25) is 0 Å². The van der Waals surface area contributed by atoms with Gasteiger partial charge in [0.05, 0.1) is 0 Å². The Kier molecular flexibility index (Phi) is 6.36. The van der Waals surface area contributed by atoms with Crippen molar-refractivity contribution in [3.8, 4) is 0 Å². The summed E-state index contributed by atoms with van der Waals surface area (Å²) in [6.07, 6.45) is 0.509. The van der Waals surface area contributed by atoms with E-state index in [0.717, 1.165) is 0 Å². The molecule has 0 aromatic rings. The molecule has 0 aliphatic carbocycles. The second kappa shape index (κ2) is 7.06. The fourth-order valence-electron chi connectivity index (χ4n) is 0.519. The van der Waals surface area contributed by atoms with Crippen LogP contribution in [0.25, 0.3) is 0 Å². The van der Waals surface area contributed by atoms with Crippen LogP contribution < -0.4 is 0 Å². The summed E-state index contributed by atoms with van der Waals surface area (Å²) in [6.45, 7) is 3.23. The zero-order chi connectivity index (χ0) is 11.0. The van der Waals surface area contributed by atoms with Crippen LogP contribution in [0.5, 0.6) is 0 Å². The monoisotopic (exact) mass is 202 g/mol. The predicted octanol–water partition coefficient (Wildman–Crippen LogP) is 0.810. The van der Waals surface area contributed by atoms with E-state index < -0.39 is 6.16 Å². The van der Waals surface area contributed by atoms with Gasteiger partial charge in [0.15, 0.2) is 0 Å². The fraction of sp³-hybridized carbons (Fsp3) is 0.667. The van der Waals surface area contributed by atoms with Crippen molar-refractivity contribution in [2.75, 3.05) is 13.2 Å². The van der Waals surface area contributed by atoms with Gasteiger partial charge in [0.25, 0.3) is 0 Å². The summed E-state index contributed by atoms with van der Waals surface area (Å²) in [5.41, 5.74) is 0. The normalized spacial score (nSPS) is 13.9. The Labute approximate surface area is 82.4 Å². The zero-order valence-corrected chi connectivity index (χ0v) is 8.26. The molecule has 0 bridgehead atoms. The van der Waals surface area contributed by atoms with Crippen molar-refractivity contribution in [2.24, 2.45) is 11.8 Å². The van der Waals surface area contributed by atoms with E-state index in [4.69, 9.17) is 0 Å². The maximum Gasteiger partial charge on any atom is 0.508 e. The van der Waals surface area contributed by atoms with E-state index in [1.165, 1.54) is 0 Å². The molecule has 0 aliphatic rings. The molecule has 2 atom stereocenters. The summed E-state index contributed by atoms with van der Waals surface area (Å²) in [4.78, 5) is 31.1. The highest BCUT2D eigenvalue weighted by Crippen LogP contribution is 1.96. The van der Waals surface area contributed by atoms with E-state index >= 15 is 0 Å². The first-order valence-corrected chi connectivity index (χ1v) is 4.30. The van der Waals surface area contributed by atoms with Crippen LogP contribution in [0.3, 0.4) is 0 Å². The minimum absolute atomic E-state index is 0.00218. The summed E-state index contributed by atoms with van der Waals surface area (Å²) >= 11 is 0. The molecular formula is C9H14O5. The van der Waals surface area contributed by atoms with Gasteiger partial charge in [-0.1, -0.05) is 13.8 Å². The van der Waals surface area contributed by atoms with Crippen molar-refractivity contribution in [1.29, 1.82) is 0 Å². The molecule has 2 unspecified atom stereocenters. The van der Waals surface area contributed by atoms with Crippen LogP contribution >= 0.6 is 0 Å². The van der Waals surface area contributed by atoms with E-state index in [9.17, 15) is 14.4 Å². The van der Waals surface area contributed by atoms with E-state index in [1.54, 1.807) is 13.8 Å². The van der Waals surface area contributed by atoms with Crippen molar-refractivity contribution in [3.63, 3.8) is 0 Å². The molecule has 0 fully saturated rings. The predicted molar refractivity (Wildman–Crippen MR) is 47.8 cm³/mol. The number of aldehydes is 2. The van der Waals surface area contributed by atoms with Crippen LogP contribution in [0.4, 0.5) is 4.79 Å². The summed E-state index contributed by atoms with van der Waals surface area (Å²) in [7, 11) is 0. The number of ether oxygens (including phenoxy) is 2. The van der Waals surface area contributed by atoms with Crippen molar-refractivity contribution in [2.45, 2.75) is 13.8 Å². The highest BCUT2D eigenvalue weighted by atomic mass is 16.7. The topological polar surface area (TPSA) is 69.7 Å². The highest BCUT2D eigenvalue weighted by Gasteiger charge is 2.09. The number of carbonyl (C=O) groups is 3. The second-order valence-electron chi connectivity index (χ2n) is 3.10. The molecule has 0 radical (unpaired) electrons. The summed E-state index contributed by atoms with van der Waals surface area (Å²) in [5, 5.41) is 0. The number of hydrogen-bond acceptors (Lipinski definition) is 5. The van der Waals surface area contributed by atoms with Gasteiger partial charge < -0.3 is 19.1 Å². The van der Waals surface area contributed by atoms with E-state index in [0.29, 0.717) is 12.6 Å². The number of rotatable bonds is 6. The molecule has 0 saturated heterocycles. The third kappa shape index (κ3) is 6.16. The van der Waals surface area contributed by atoms with Gasteiger partial charge in [0.2, 0.25) is 0 Å². The van der Waals surface area contributed by atoms with E-state index in [1.807, 2.05) is 0 Å². The van der Waals surface area contributed by atoms with Gasteiger partial charge in [0.1, 0.15) is 25.8 Å². The van der Waals surface area contributed by atoms with Gasteiger partial charge in [0, 0.05) is 11.8 Å². The lowest BCUT2D eigenvalue weighted by Crippen LogP contribution is -2.17. The molecule has 0 heterocycles. The molecule has 5 nitrogen and oxygen atoms in total. The minimum atomic E-state index is -0.854. The third-order valence-corrected chi connectivity index (χ3v) is 1.39. The van der Waals surface area contributed by atoms with Crippen LogP contribution in [0, 0.1) is 11.8 Å². The van der Waals surface area contributed by atoms with Gasteiger partial charge in [-0.25, -0.2) is 4.79 Å². The average molecular weight is 202 g/mol. The lowest BCUT2D eigenvalue weighted by Gasteiger charge is -2.08. The molecule has 5 heteroatoms. The van der Waals surface area contributed by atoms with Crippen LogP contribution in [0.15, 0.2) is 0 Å². The quantitative estimate of drug-likeness (QED) is 0.471. The Morgan fingerprint density at radius 2 is 1.43 bits per heavy atom. The lowest BCUT2D eigenvalue weighted by atomic mass is 10.2. The standard InChI is InChI=1S/C9H14O5/c1-7(3-10)5-13-9(12)14-6-8(2)4-11/h3-4,7-8H,5-6H2,1-2H3. The Bertz CT molecular complexity index is 181. The number of carbonyl (C=O) groups excluding carboxylic acids is 3. The Hall–Kier alpha value is -1.39. The molecule has 80 valence electrons. The Balaban J connectivity index is 3.55. The van der Waals surface area contributed by atoms with Crippen molar-refractivity contribution in [1.82, 2.24) is 0 Å². The molecular weight excluding hydrogens is 188 g/mol. The minimum Gasteiger partial charge on any atom is -0.434 e. The van der Waals surface area contributed by atoms with E-state index in [2.05, 4.69) is 9.47 Å². The molecule has 0 saturated carbocycles. The Morgan fingerprint density at radius 3 is 1.71 bits per heavy atom. The van der Waals surface area contributed by atoms with Gasteiger partial charge >= 0.3 is 6.16 Å². The second-order valence-corrected chi connectivity index (χ2v) is 3.10. The van der Waals surface area contributed by atoms with Gasteiger partial charge in [-0.15, -0.1) is 0 Å². The first-order valence-electron chi connectivity index (χ1n) is 4.30. The smallest absolute Gasteiger partial charge is 0.434 e. The maximum absolute atomic E-state index is 10.8. The Morgan fingerprint density at radius 1 is 1.07 bits per heavy atom. The zero-order valence-electron chi connectivity index (χ0n) is 8.26. The molecule has 0 rings (SSSR count). The molecule has 14 heavy (non-hydrogen) atoms. The molecule has 0 N–H and O–H groups in total. The SMILES string of the molecule is CC(C=O)COC(=O)OCC(C)C=O. The van der Waals surface area contributed by atoms with Crippen molar-refractivity contribution in [3.05, 3.63) is 0 Å². The maximum atomic E-state index is 10.8. The number of hydrogen-bond donors (Lipinski definition) is 0. The summed E-state index contributed by atoms with van der Waals surface area (Å²) in [5.74, 6) is -0.683. The van der Waals surface area contributed by atoms with Gasteiger partial charge in [-0.2, -0.15) is 0 Å². The van der Waals surface area contributed by atoms with Crippen LogP contribution in [-0.4, -0.2) is 31.9 Å². The molecule has 0 aliphatic heterocycles. The lowest BCUT2D eigenvalue weighted by molar-refractivity contribution is -0.111. The molecule has 0 spiro atoms. The van der Waals surface area contributed by atoms with Crippen molar-refractivity contribution >= 4 is 18.7 Å². The van der Waals surface area contributed by atoms with E-state index in [-0.39, 0.29) is 25.0 Å². The first-order chi connectivity index (χ1) is 6.60. The van der Waals surface area contributed by atoms with Gasteiger partial charge in [-0.05, 0) is 0 Å². The third-order valence-electron chi connectivity index (χ3n) is 1.39. The first kappa shape index (κ1) is 12.6. The van der Waals surface area contributed by atoms with Crippen LogP contribution in [0.1, 0.15) is 13.8 Å². The van der Waals surface area contributed by atoms with Crippen molar-refractivity contribution < 1.29 is 23.9 Å². The molecule has 0 aromatic carbocycles. The summed E-state index contributed by atoms with van der Waals surface area (Å²) in [6, 6.07) is 0. The highest BCUT2D eigenvalue weighted by molar-refractivity contribution is 5.61. The largest absolute Gasteiger partial charge is 0.508 e. The molecule has 0 amide bonds. The summed E-state index contributed by atoms with van der Waals surface area (Å²) < 4.78 is 9.16. The molecule has 0 aromatic heterocycles.